The third-order valence-electron chi connectivity index (χ3n) is 5.55. The average Bonchev–Trinajstić information content (AvgIpc) is 2.74. The van der Waals surface area contributed by atoms with Gasteiger partial charge in [-0.3, -0.25) is 4.84 Å². The number of alkyl carbamates (subject to hydrolysis) is 1. The van der Waals surface area contributed by atoms with Gasteiger partial charge in [-0.15, -0.1) is 0 Å². The molecule has 0 bridgehead atoms. The number of hydrogen-bond acceptors (Lipinski definition) is 8. The van der Waals surface area contributed by atoms with Crippen LogP contribution >= 0.6 is 0 Å². The summed E-state index contributed by atoms with van der Waals surface area (Å²) >= 11 is 0. The van der Waals surface area contributed by atoms with Gasteiger partial charge in [-0.05, 0) is 32.1 Å². The first-order chi connectivity index (χ1) is 14.3. The number of carbonyl (C=O) groups excluding carboxylic acids is 1. The van der Waals surface area contributed by atoms with Crippen LogP contribution in [0.5, 0.6) is 0 Å². The Morgan fingerprint density at radius 2 is 2.10 bits per heavy atom. The van der Waals surface area contributed by atoms with E-state index in [0.29, 0.717) is 12.5 Å². The molecule has 2 aliphatic rings. The quantitative estimate of drug-likeness (QED) is 0.317. The van der Waals surface area contributed by atoms with Crippen molar-refractivity contribution in [3.8, 4) is 0 Å². The molecule has 0 spiro atoms. The van der Waals surface area contributed by atoms with E-state index in [9.17, 15) is 20.1 Å². The highest BCUT2D eigenvalue weighted by Gasteiger charge is 2.46. The highest BCUT2D eigenvalue weighted by molar-refractivity contribution is 5.67. The summed E-state index contributed by atoms with van der Waals surface area (Å²) in [5.74, 6) is 0.467. The first-order valence-electron chi connectivity index (χ1n) is 10.1. The highest BCUT2D eigenvalue weighted by atomic mass is 16.7. The Labute approximate surface area is 177 Å². The van der Waals surface area contributed by atoms with Gasteiger partial charge in [-0.25, -0.2) is 4.79 Å². The summed E-state index contributed by atoms with van der Waals surface area (Å²) < 4.78 is 10.6. The topological polar surface area (TPSA) is 121 Å². The molecule has 1 aliphatic carbocycles. The van der Waals surface area contributed by atoms with Crippen LogP contribution in [-0.4, -0.2) is 83.9 Å². The monoisotopic (exact) mass is 426 g/mol. The minimum absolute atomic E-state index is 0.0443. The van der Waals surface area contributed by atoms with E-state index < -0.39 is 36.7 Å². The molecular formula is C21H34N2O7. The molecule has 1 aliphatic heterocycles. The molecule has 1 heterocycles. The molecule has 1 amide bonds. The fraction of sp³-hybridized carbons (Fsp3) is 0.667. The van der Waals surface area contributed by atoms with E-state index in [1.807, 2.05) is 6.92 Å². The van der Waals surface area contributed by atoms with Gasteiger partial charge in [0, 0.05) is 13.1 Å². The van der Waals surface area contributed by atoms with Gasteiger partial charge in [0.15, 0.2) is 6.23 Å². The maximum absolute atomic E-state index is 11.6. The normalized spacial score (nSPS) is 31.7. The number of hydroxylamine groups is 2. The molecule has 0 aromatic rings. The van der Waals surface area contributed by atoms with E-state index >= 15 is 0 Å². The maximum atomic E-state index is 11.6. The summed E-state index contributed by atoms with van der Waals surface area (Å²) in [7, 11) is 1.45. The van der Waals surface area contributed by atoms with Crippen molar-refractivity contribution in [3.63, 3.8) is 0 Å². The Kier molecular flexibility index (Phi) is 9.47. The number of carbonyl (C=O) groups is 1. The van der Waals surface area contributed by atoms with E-state index in [1.54, 1.807) is 0 Å². The lowest BCUT2D eigenvalue weighted by molar-refractivity contribution is -0.321. The SMILES string of the molecule is C=CCOC(=O)NC[C@H]1OC(N(CC2=CC[C@@H](C(=C)C)CC2)OC)[C@H](O)[C@@H](O)[C@@H]1O. The van der Waals surface area contributed by atoms with Crippen molar-refractivity contribution in [2.45, 2.75) is 56.8 Å². The van der Waals surface area contributed by atoms with Crippen molar-refractivity contribution in [2.75, 3.05) is 26.8 Å². The standard InChI is InChI=1S/C21H34N2O7/c1-5-10-29-21(27)22-11-16-17(24)18(25)19(26)20(30-16)23(28-4)12-14-6-8-15(9-7-14)13(2)3/h5-6,15-20,24-26H,1-2,7-12H2,3-4H3,(H,22,27)/t15-,16-,17-,18+,19-,20?/m1/s1. The van der Waals surface area contributed by atoms with Crippen molar-refractivity contribution >= 4 is 6.09 Å². The molecular weight excluding hydrogens is 392 g/mol. The van der Waals surface area contributed by atoms with Crippen LogP contribution < -0.4 is 5.32 Å². The van der Waals surface area contributed by atoms with Gasteiger partial charge in [0.1, 0.15) is 31.0 Å². The Balaban J connectivity index is 2.01. The predicted octanol–water partition coefficient (Wildman–Crippen LogP) is 0.872. The summed E-state index contributed by atoms with van der Waals surface area (Å²) in [4.78, 5) is 17.0. The van der Waals surface area contributed by atoms with Gasteiger partial charge in [0.05, 0.1) is 7.11 Å². The van der Waals surface area contributed by atoms with Gasteiger partial charge in [-0.2, -0.15) is 5.06 Å². The van der Waals surface area contributed by atoms with Crippen LogP contribution in [0.1, 0.15) is 26.2 Å². The Hall–Kier alpha value is -1.75. The highest BCUT2D eigenvalue weighted by Crippen LogP contribution is 2.30. The van der Waals surface area contributed by atoms with Crippen molar-refractivity contribution in [2.24, 2.45) is 5.92 Å². The predicted molar refractivity (Wildman–Crippen MR) is 110 cm³/mol. The number of allylic oxidation sites excluding steroid dienone is 2. The molecule has 1 unspecified atom stereocenters. The first kappa shape index (κ1) is 24.5. The van der Waals surface area contributed by atoms with Crippen LogP contribution in [0.4, 0.5) is 4.79 Å². The lowest BCUT2D eigenvalue weighted by Gasteiger charge is -2.44. The smallest absolute Gasteiger partial charge is 0.407 e. The molecule has 1 saturated heterocycles. The maximum Gasteiger partial charge on any atom is 0.407 e. The Bertz CT molecular complexity index is 639. The van der Waals surface area contributed by atoms with Gasteiger partial charge in [0.25, 0.3) is 0 Å². The van der Waals surface area contributed by atoms with Gasteiger partial charge in [-0.1, -0.05) is 36.5 Å². The first-order valence-corrected chi connectivity index (χ1v) is 10.1. The zero-order valence-electron chi connectivity index (χ0n) is 17.7. The van der Waals surface area contributed by atoms with Gasteiger partial charge >= 0.3 is 6.09 Å². The summed E-state index contributed by atoms with van der Waals surface area (Å²) in [6, 6.07) is 0. The third kappa shape index (κ3) is 6.37. The van der Waals surface area contributed by atoms with Crippen molar-refractivity contribution in [1.82, 2.24) is 10.4 Å². The van der Waals surface area contributed by atoms with Crippen molar-refractivity contribution in [3.05, 3.63) is 36.5 Å². The second kappa shape index (κ2) is 11.6. The average molecular weight is 427 g/mol. The van der Waals surface area contributed by atoms with Crippen LogP contribution in [0.2, 0.25) is 0 Å². The Morgan fingerprint density at radius 3 is 2.67 bits per heavy atom. The molecule has 4 N–H and O–H groups in total. The van der Waals surface area contributed by atoms with E-state index in [2.05, 4.69) is 24.6 Å². The van der Waals surface area contributed by atoms with E-state index in [0.717, 1.165) is 24.8 Å². The molecule has 170 valence electrons. The number of amides is 1. The van der Waals surface area contributed by atoms with Gasteiger partial charge in [0.2, 0.25) is 0 Å². The van der Waals surface area contributed by atoms with Crippen LogP contribution in [0, 0.1) is 5.92 Å². The molecule has 0 aromatic carbocycles. The number of aliphatic hydroxyl groups is 3. The minimum atomic E-state index is -1.47. The molecule has 9 heteroatoms. The summed E-state index contributed by atoms with van der Waals surface area (Å²) in [5.41, 5.74) is 2.30. The second-order valence-corrected chi connectivity index (χ2v) is 7.74. The summed E-state index contributed by atoms with van der Waals surface area (Å²) in [6.07, 6.45) is -0.608. The zero-order valence-corrected chi connectivity index (χ0v) is 17.7. The fourth-order valence-electron chi connectivity index (χ4n) is 3.65. The molecule has 9 nitrogen and oxygen atoms in total. The largest absolute Gasteiger partial charge is 0.445 e. The summed E-state index contributed by atoms with van der Waals surface area (Å²) in [5, 5.41) is 34.9. The van der Waals surface area contributed by atoms with Gasteiger partial charge < -0.3 is 30.1 Å². The molecule has 0 saturated carbocycles. The van der Waals surface area contributed by atoms with Crippen molar-refractivity contribution < 1.29 is 34.4 Å². The summed E-state index contributed by atoms with van der Waals surface area (Å²) in [6.45, 7) is 9.82. The molecule has 6 atom stereocenters. The number of rotatable bonds is 9. The third-order valence-corrected chi connectivity index (χ3v) is 5.55. The molecule has 30 heavy (non-hydrogen) atoms. The van der Waals surface area contributed by atoms with Crippen molar-refractivity contribution in [1.29, 1.82) is 0 Å². The minimum Gasteiger partial charge on any atom is -0.445 e. The fourth-order valence-corrected chi connectivity index (χ4v) is 3.65. The van der Waals surface area contributed by atoms with E-state index in [-0.39, 0.29) is 13.2 Å². The number of nitrogens with one attached hydrogen (secondary N) is 1. The number of ether oxygens (including phenoxy) is 2. The van der Waals surface area contributed by atoms with E-state index in [1.165, 1.54) is 23.8 Å². The molecule has 0 radical (unpaired) electrons. The molecule has 1 fully saturated rings. The number of aliphatic hydroxyl groups excluding tert-OH is 3. The van der Waals surface area contributed by atoms with E-state index in [4.69, 9.17) is 14.3 Å². The lowest BCUT2D eigenvalue weighted by atomic mass is 9.85. The van der Waals surface area contributed by atoms with Crippen LogP contribution in [-0.2, 0) is 14.3 Å². The Morgan fingerprint density at radius 1 is 1.37 bits per heavy atom. The van der Waals surface area contributed by atoms with Crippen LogP contribution in [0.15, 0.2) is 36.5 Å². The lowest BCUT2D eigenvalue weighted by Crippen LogP contribution is -2.64. The van der Waals surface area contributed by atoms with Crippen LogP contribution in [0.25, 0.3) is 0 Å². The molecule has 2 rings (SSSR count). The van der Waals surface area contributed by atoms with Crippen LogP contribution in [0.3, 0.4) is 0 Å². The zero-order chi connectivity index (χ0) is 22.3. The second-order valence-electron chi connectivity index (χ2n) is 7.74. The molecule has 0 aromatic heterocycles. The number of nitrogens with zero attached hydrogens (tertiary/aromatic N) is 1. The number of hydrogen-bond donors (Lipinski definition) is 4.